The molecule has 1 heterocycles. The van der Waals surface area contributed by atoms with Crippen LogP contribution in [0.5, 0.6) is 0 Å². The molecule has 0 aliphatic heterocycles. The third-order valence-corrected chi connectivity index (χ3v) is 4.58. The zero-order valence-corrected chi connectivity index (χ0v) is 12.7. The van der Waals surface area contributed by atoms with Crippen LogP contribution < -0.4 is 0 Å². The number of hydrogen-bond acceptors (Lipinski definition) is 2. The van der Waals surface area contributed by atoms with Gasteiger partial charge < -0.3 is 9.30 Å². The molecule has 1 aromatic heterocycles. The van der Waals surface area contributed by atoms with Crippen LogP contribution in [0.1, 0.15) is 47.5 Å². The Morgan fingerprint density at radius 1 is 1.33 bits per heavy atom. The molecular formula is C18H21NO2. The first-order chi connectivity index (χ1) is 10.1. The Hall–Kier alpha value is -2.03. The van der Waals surface area contributed by atoms with Gasteiger partial charge in [0.05, 0.1) is 12.7 Å². The van der Waals surface area contributed by atoms with Crippen LogP contribution in [0.15, 0.2) is 36.5 Å². The van der Waals surface area contributed by atoms with E-state index in [2.05, 4.69) is 23.4 Å². The Labute approximate surface area is 125 Å². The molecule has 3 rings (SSSR count). The van der Waals surface area contributed by atoms with Gasteiger partial charge in [0.2, 0.25) is 0 Å². The summed E-state index contributed by atoms with van der Waals surface area (Å²) in [5.74, 6) is 0.316. The molecule has 1 aliphatic carbocycles. The molecule has 1 aromatic carbocycles. The van der Waals surface area contributed by atoms with Gasteiger partial charge in [0, 0.05) is 24.1 Å². The molecule has 0 spiro atoms. The van der Waals surface area contributed by atoms with Gasteiger partial charge in [-0.1, -0.05) is 18.2 Å². The molecule has 3 heteroatoms. The Balaban J connectivity index is 2.01. The number of esters is 1. The summed E-state index contributed by atoms with van der Waals surface area (Å²) < 4.78 is 6.91. The van der Waals surface area contributed by atoms with Crippen molar-refractivity contribution < 1.29 is 9.53 Å². The molecule has 110 valence electrons. The van der Waals surface area contributed by atoms with Gasteiger partial charge >= 0.3 is 5.97 Å². The third-order valence-electron chi connectivity index (χ3n) is 4.58. The average molecular weight is 283 g/mol. The Morgan fingerprint density at radius 2 is 2.05 bits per heavy atom. The van der Waals surface area contributed by atoms with Crippen molar-refractivity contribution in [3.05, 3.63) is 47.7 Å². The number of ether oxygens (including phenoxy) is 1. The second kappa shape index (κ2) is 5.40. The fraction of sp³-hybridized carbons (Fsp3) is 0.389. The molecular weight excluding hydrogens is 262 g/mol. The number of nitrogens with zero attached hydrogens (tertiary/aromatic N) is 1. The minimum absolute atomic E-state index is 0.284. The summed E-state index contributed by atoms with van der Waals surface area (Å²) in [6.07, 6.45) is 6.82. The zero-order valence-electron chi connectivity index (χ0n) is 12.7. The molecule has 0 N–H and O–H groups in total. The number of aromatic nitrogens is 1. The van der Waals surface area contributed by atoms with Crippen molar-refractivity contribution in [1.82, 2.24) is 4.57 Å². The summed E-state index contributed by atoms with van der Waals surface area (Å²) in [5.41, 5.74) is 4.47. The fourth-order valence-electron chi connectivity index (χ4n) is 3.32. The Morgan fingerprint density at radius 3 is 2.71 bits per heavy atom. The maximum atomic E-state index is 11.7. The first-order valence-corrected chi connectivity index (χ1v) is 7.44. The molecule has 0 unspecified atom stereocenters. The third kappa shape index (κ3) is 2.48. The molecule has 0 bridgehead atoms. The lowest BCUT2D eigenvalue weighted by molar-refractivity contribution is 0.0601. The first kappa shape index (κ1) is 13.9. The summed E-state index contributed by atoms with van der Waals surface area (Å²) >= 11 is 0. The van der Waals surface area contributed by atoms with Crippen molar-refractivity contribution in [2.75, 3.05) is 7.11 Å². The SMILES string of the molecule is C=C1CCC(c2cn(C)c3cc(C(=O)OC)ccc23)CC1. The maximum Gasteiger partial charge on any atom is 0.337 e. The highest BCUT2D eigenvalue weighted by molar-refractivity contribution is 5.95. The Kier molecular flexibility index (Phi) is 3.58. The minimum Gasteiger partial charge on any atom is -0.465 e. The summed E-state index contributed by atoms with van der Waals surface area (Å²) in [7, 11) is 3.45. The van der Waals surface area contributed by atoms with Crippen molar-refractivity contribution in [2.24, 2.45) is 7.05 Å². The predicted molar refractivity (Wildman–Crippen MR) is 84.6 cm³/mol. The van der Waals surface area contributed by atoms with Crippen LogP contribution in [-0.2, 0) is 11.8 Å². The summed E-state index contributed by atoms with van der Waals surface area (Å²) in [5, 5.41) is 1.25. The molecule has 1 saturated carbocycles. The van der Waals surface area contributed by atoms with E-state index < -0.39 is 0 Å². The van der Waals surface area contributed by atoms with Gasteiger partial charge in [0.25, 0.3) is 0 Å². The second-order valence-electron chi connectivity index (χ2n) is 5.94. The second-order valence-corrected chi connectivity index (χ2v) is 5.94. The van der Waals surface area contributed by atoms with Gasteiger partial charge in [-0.05, 0) is 49.3 Å². The normalized spacial score (nSPS) is 16.4. The number of allylic oxidation sites excluding steroid dienone is 1. The quantitative estimate of drug-likeness (QED) is 0.611. The molecule has 1 aliphatic rings. The highest BCUT2D eigenvalue weighted by Crippen LogP contribution is 2.38. The van der Waals surface area contributed by atoms with Crippen LogP contribution in [0.3, 0.4) is 0 Å². The van der Waals surface area contributed by atoms with Crippen molar-refractivity contribution in [1.29, 1.82) is 0 Å². The highest BCUT2D eigenvalue weighted by atomic mass is 16.5. The summed E-state index contributed by atoms with van der Waals surface area (Å²) in [6, 6.07) is 5.84. The van der Waals surface area contributed by atoms with Crippen LogP contribution in [0, 0.1) is 0 Å². The van der Waals surface area contributed by atoms with Crippen molar-refractivity contribution in [3.63, 3.8) is 0 Å². The molecule has 2 aromatic rings. The van der Waals surface area contributed by atoms with E-state index in [1.807, 2.05) is 19.2 Å². The summed E-state index contributed by atoms with van der Waals surface area (Å²) in [6.45, 7) is 4.09. The van der Waals surface area contributed by atoms with Crippen LogP contribution >= 0.6 is 0 Å². The standard InChI is InChI=1S/C18H21NO2/c1-12-4-6-13(7-5-12)16-11-19(2)17-10-14(18(20)21-3)8-9-15(16)17/h8-11,13H,1,4-7H2,2-3H3. The van der Waals surface area contributed by atoms with E-state index in [4.69, 9.17) is 4.74 Å². The number of rotatable bonds is 2. The number of benzene rings is 1. The fourth-order valence-corrected chi connectivity index (χ4v) is 3.32. The van der Waals surface area contributed by atoms with Crippen LogP contribution in [-0.4, -0.2) is 17.6 Å². The monoisotopic (exact) mass is 283 g/mol. The lowest BCUT2D eigenvalue weighted by atomic mass is 9.82. The number of hydrogen-bond donors (Lipinski definition) is 0. The number of carbonyl (C=O) groups excluding carboxylic acids is 1. The molecule has 3 nitrogen and oxygen atoms in total. The zero-order chi connectivity index (χ0) is 15.0. The van der Waals surface area contributed by atoms with E-state index in [1.165, 1.54) is 36.5 Å². The van der Waals surface area contributed by atoms with Gasteiger partial charge in [-0.2, -0.15) is 0 Å². The maximum absolute atomic E-state index is 11.7. The topological polar surface area (TPSA) is 31.2 Å². The lowest BCUT2D eigenvalue weighted by Crippen LogP contribution is -2.05. The van der Waals surface area contributed by atoms with E-state index in [0.29, 0.717) is 11.5 Å². The van der Waals surface area contributed by atoms with Gasteiger partial charge in [-0.25, -0.2) is 4.79 Å². The van der Waals surface area contributed by atoms with E-state index in [9.17, 15) is 4.79 Å². The van der Waals surface area contributed by atoms with Gasteiger partial charge in [0.15, 0.2) is 0 Å². The van der Waals surface area contributed by atoms with Crippen molar-refractivity contribution in [2.45, 2.75) is 31.6 Å². The average Bonchev–Trinajstić information content (AvgIpc) is 2.84. The summed E-state index contributed by atoms with van der Waals surface area (Å²) in [4.78, 5) is 11.7. The van der Waals surface area contributed by atoms with Gasteiger partial charge in [-0.3, -0.25) is 0 Å². The Bertz CT molecular complexity index is 701. The van der Waals surface area contributed by atoms with Gasteiger partial charge in [-0.15, -0.1) is 0 Å². The van der Waals surface area contributed by atoms with Gasteiger partial charge in [0.1, 0.15) is 0 Å². The number of aryl methyl sites for hydroxylation is 1. The van der Waals surface area contributed by atoms with E-state index in [0.717, 1.165) is 18.4 Å². The first-order valence-electron chi connectivity index (χ1n) is 7.44. The number of methoxy groups -OCH3 is 1. The van der Waals surface area contributed by atoms with Crippen LogP contribution in [0.25, 0.3) is 10.9 Å². The molecule has 0 amide bonds. The van der Waals surface area contributed by atoms with Crippen LogP contribution in [0.2, 0.25) is 0 Å². The van der Waals surface area contributed by atoms with E-state index >= 15 is 0 Å². The molecule has 1 fully saturated rings. The molecule has 21 heavy (non-hydrogen) atoms. The lowest BCUT2D eigenvalue weighted by Gasteiger charge is -2.23. The molecule has 0 saturated heterocycles. The largest absolute Gasteiger partial charge is 0.465 e. The highest BCUT2D eigenvalue weighted by Gasteiger charge is 2.21. The number of fused-ring (bicyclic) bond motifs is 1. The smallest absolute Gasteiger partial charge is 0.337 e. The molecule has 0 atom stereocenters. The minimum atomic E-state index is -0.284. The molecule has 0 radical (unpaired) electrons. The van der Waals surface area contributed by atoms with E-state index in [-0.39, 0.29) is 5.97 Å². The van der Waals surface area contributed by atoms with E-state index in [1.54, 1.807) is 0 Å². The van der Waals surface area contributed by atoms with Crippen molar-refractivity contribution >= 4 is 16.9 Å². The van der Waals surface area contributed by atoms with Crippen molar-refractivity contribution in [3.8, 4) is 0 Å². The predicted octanol–water partition coefficient (Wildman–Crippen LogP) is 4.18. The van der Waals surface area contributed by atoms with Crippen LogP contribution in [0.4, 0.5) is 0 Å². The number of carbonyl (C=O) groups is 1.